The average molecular weight is 409 g/mol. The number of nitrogens with zero attached hydrogens (tertiary/aromatic N) is 2. The molecule has 2 aromatic rings. The molecule has 27 heavy (non-hydrogen) atoms. The number of hydrogen-bond donors (Lipinski definition) is 2. The molecule has 144 valence electrons. The zero-order valence-electron chi connectivity index (χ0n) is 15.2. The summed E-state index contributed by atoms with van der Waals surface area (Å²) in [5.74, 6) is 12.5. The molecule has 0 bridgehead atoms. The van der Waals surface area contributed by atoms with Crippen molar-refractivity contribution in [3.8, 4) is 5.75 Å². The van der Waals surface area contributed by atoms with Crippen molar-refractivity contribution in [3.63, 3.8) is 0 Å². The molecule has 2 amide bonds. The molecule has 0 unspecified atom stereocenters. The summed E-state index contributed by atoms with van der Waals surface area (Å²) in [5, 5.41) is 3.02. The predicted molar refractivity (Wildman–Crippen MR) is 108 cm³/mol. The zero-order valence-corrected chi connectivity index (χ0v) is 16.7. The van der Waals surface area contributed by atoms with Crippen molar-refractivity contribution in [2.24, 2.45) is 11.7 Å². The average Bonchev–Trinajstić information content (AvgIpc) is 3.47. The first-order valence-electron chi connectivity index (χ1n) is 8.57. The van der Waals surface area contributed by atoms with Crippen molar-refractivity contribution >= 4 is 34.9 Å². The molecule has 0 saturated heterocycles. The van der Waals surface area contributed by atoms with Crippen LogP contribution in [-0.2, 0) is 6.61 Å². The molecule has 8 heteroatoms. The minimum absolute atomic E-state index is 0.205. The second-order valence-electron chi connectivity index (χ2n) is 6.70. The fourth-order valence-electron chi connectivity index (χ4n) is 2.91. The first-order valence-corrected chi connectivity index (χ1v) is 9.32. The van der Waals surface area contributed by atoms with Crippen molar-refractivity contribution in [3.05, 3.63) is 57.1 Å². The van der Waals surface area contributed by atoms with Gasteiger partial charge in [0.15, 0.2) is 0 Å². The molecule has 3 rings (SSSR count). The molecular weight excluding hydrogens is 387 g/mol. The quantitative estimate of drug-likeness (QED) is 0.437. The number of hydrazine groups is 2. The van der Waals surface area contributed by atoms with Crippen LogP contribution in [0.15, 0.2) is 30.3 Å². The van der Waals surface area contributed by atoms with Gasteiger partial charge in [-0.25, -0.2) is 21.5 Å². The fourth-order valence-corrected chi connectivity index (χ4v) is 3.34. The van der Waals surface area contributed by atoms with Gasteiger partial charge in [-0.1, -0.05) is 35.3 Å². The first-order chi connectivity index (χ1) is 12.8. The summed E-state index contributed by atoms with van der Waals surface area (Å²) < 4.78 is 5.95. The van der Waals surface area contributed by atoms with Crippen LogP contribution in [0.3, 0.4) is 0 Å². The molecule has 0 aliphatic heterocycles. The third-order valence-corrected chi connectivity index (χ3v) is 5.26. The number of benzene rings is 2. The molecule has 1 aliphatic rings. The van der Waals surface area contributed by atoms with Crippen LogP contribution in [0.4, 0.5) is 10.5 Å². The van der Waals surface area contributed by atoms with Gasteiger partial charge in [0.2, 0.25) is 0 Å². The number of amides is 2. The lowest BCUT2D eigenvalue weighted by molar-refractivity contribution is 0.216. The Morgan fingerprint density at radius 3 is 2.56 bits per heavy atom. The predicted octanol–water partition coefficient (Wildman–Crippen LogP) is 4.36. The number of carbonyl (C=O) groups is 1. The number of halogens is 2. The van der Waals surface area contributed by atoms with Crippen LogP contribution in [0.25, 0.3) is 0 Å². The third kappa shape index (κ3) is 4.30. The van der Waals surface area contributed by atoms with Crippen LogP contribution in [0.1, 0.15) is 35.4 Å². The van der Waals surface area contributed by atoms with E-state index in [9.17, 15) is 4.79 Å². The third-order valence-electron chi connectivity index (χ3n) is 4.56. The lowest BCUT2D eigenvalue weighted by Gasteiger charge is -2.25. The highest BCUT2D eigenvalue weighted by Gasteiger charge is 2.29. The van der Waals surface area contributed by atoms with E-state index >= 15 is 0 Å². The molecule has 2 aromatic carbocycles. The maximum absolute atomic E-state index is 12.2. The second-order valence-corrected chi connectivity index (χ2v) is 7.52. The Morgan fingerprint density at radius 2 is 1.93 bits per heavy atom. The summed E-state index contributed by atoms with van der Waals surface area (Å²) in [6.45, 7) is 2.08. The van der Waals surface area contributed by atoms with Gasteiger partial charge in [0.1, 0.15) is 12.4 Å². The highest BCUT2D eigenvalue weighted by atomic mass is 35.5. The summed E-state index contributed by atoms with van der Waals surface area (Å²) in [4.78, 5) is 12.2. The van der Waals surface area contributed by atoms with Crippen LogP contribution >= 0.6 is 23.2 Å². The molecule has 0 atom stereocenters. The van der Waals surface area contributed by atoms with Crippen molar-refractivity contribution in [2.75, 3.05) is 12.1 Å². The van der Waals surface area contributed by atoms with Crippen LogP contribution < -0.4 is 21.4 Å². The summed E-state index contributed by atoms with van der Waals surface area (Å²) in [7, 11) is 1.44. The summed E-state index contributed by atoms with van der Waals surface area (Å²) in [5.41, 5.74) is 3.38. The van der Waals surface area contributed by atoms with Crippen LogP contribution in [-0.4, -0.2) is 18.1 Å². The first kappa shape index (κ1) is 19.8. The van der Waals surface area contributed by atoms with Gasteiger partial charge in [-0.2, -0.15) is 0 Å². The van der Waals surface area contributed by atoms with Crippen molar-refractivity contribution in [1.29, 1.82) is 0 Å². The number of nitrogens with two attached hydrogens (primary N) is 2. The van der Waals surface area contributed by atoms with E-state index in [-0.39, 0.29) is 6.61 Å². The minimum Gasteiger partial charge on any atom is -0.487 e. The molecule has 4 N–H and O–H groups in total. The molecule has 0 spiro atoms. The second kappa shape index (κ2) is 7.94. The Labute approximate surface area is 168 Å². The molecular formula is C19H22Cl2N4O2. The molecule has 1 aliphatic carbocycles. The van der Waals surface area contributed by atoms with Gasteiger partial charge in [0.05, 0.1) is 10.7 Å². The van der Waals surface area contributed by atoms with E-state index in [0.29, 0.717) is 27.4 Å². The largest absolute Gasteiger partial charge is 0.487 e. The number of rotatable bonds is 5. The van der Waals surface area contributed by atoms with Crippen LogP contribution in [0, 0.1) is 6.92 Å². The summed E-state index contributed by atoms with van der Waals surface area (Å²) >= 11 is 12.5. The Bertz CT molecular complexity index is 869. The molecule has 1 fully saturated rings. The van der Waals surface area contributed by atoms with Gasteiger partial charge in [-0.3, -0.25) is 5.01 Å². The SMILES string of the molecule is Cc1cc(Cl)c(OCc2c(C3CC3)cccc2N(N)C(=O)N(C)N)cc1Cl. The normalized spacial score (nSPS) is 13.4. The van der Waals surface area contributed by atoms with E-state index < -0.39 is 6.03 Å². The van der Waals surface area contributed by atoms with Gasteiger partial charge >= 0.3 is 6.03 Å². The van der Waals surface area contributed by atoms with Crippen LogP contribution in [0.2, 0.25) is 10.0 Å². The van der Waals surface area contributed by atoms with Crippen molar-refractivity contribution in [2.45, 2.75) is 32.3 Å². The van der Waals surface area contributed by atoms with E-state index in [1.165, 1.54) is 7.05 Å². The van der Waals surface area contributed by atoms with E-state index in [2.05, 4.69) is 0 Å². The Kier molecular flexibility index (Phi) is 5.81. The molecule has 0 heterocycles. The van der Waals surface area contributed by atoms with E-state index in [1.54, 1.807) is 18.2 Å². The molecule has 6 nitrogen and oxygen atoms in total. The fraction of sp³-hybridized carbons (Fsp3) is 0.316. The standard InChI is InChI=1S/C19H22Cl2N4O2/c1-11-8-16(21)18(9-15(11)20)27-10-14-13(12-6-7-12)4-3-5-17(14)25(23)19(26)24(2)22/h3-5,8-9,12H,6-7,10,22-23H2,1-2H3. The minimum atomic E-state index is -0.527. The number of carbonyl (C=O) groups excluding carboxylic acids is 1. The summed E-state index contributed by atoms with van der Waals surface area (Å²) in [6, 6.07) is 8.61. The number of hydrogen-bond acceptors (Lipinski definition) is 4. The maximum atomic E-state index is 12.2. The lowest BCUT2D eigenvalue weighted by atomic mass is 10.0. The van der Waals surface area contributed by atoms with Crippen LogP contribution in [0.5, 0.6) is 5.75 Å². The van der Waals surface area contributed by atoms with E-state index in [0.717, 1.165) is 39.5 Å². The zero-order chi connectivity index (χ0) is 19.7. The highest BCUT2D eigenvalue weighted by Crippen LogP contribution is 2.44. The molecule has 1 saturated carbocycles. The number of ether oxygens (including phenoxy) is 1. The Morgan fingerprint density at radius 1 is 1.22 bits per heavy atom. The van der Waals surface area contributed by atoms with Gasteiger partial charge in [-0.15, -0.1) is 0 Å². The van der Waals surface area contributed by atoms with E-state index in [1.807, 2.05) is 19.1 Å². The van der Waals surface area contributed by atoms with Crippen molar-refractivity contribution in [1.82, 2.24) is 5.01 Å². The number of urea groups is 1. The summed E-state index contributed by atoms with van der Waals surface area (Å²) in [6.07, 6.45) is 2.20. The Hall–Kier alpha value is -1.99. The molecule has 0 radical (unpaired) electrons. The molecule has 0 aromatic heterocycles. The van der Waals surface area contributed by atoms with Gasteiger partial charge in [0, 0.05) is 23.7 Å². The van der Waals surface area contributed by atoms with Crippen molar-refractivity contribution < 1.29 is 9.53 Å². The smallest absolute Gasteiger partial charge is 0.352 e. The Balaban J connectivity index is 1.93. The number of anilines is 1. The maximum Gasteiger partial charge on any atom is 0.352 e. The topological polar surface area (TPSA) is 84.8 Å². The highest BCUT2D eigenvalue weighted by molar-refractivity contribution is 6.34. The monoisotopic (exact) mass is 408 g/mol. The van der Waals surface area contributed by atoms with Gasteiger partial charge in [-0.05, 0) is 48.9 Å². The van der Waals surface area contributed by atoms with Gasteiger partial charge in [0.25, 0.3) is 0 Å². The number of aryl methyl sites for hydroxylation is 1. The van der Waals surface area contributed by atoms with Gasteiger partial charge < -0.3 is 4.74 Å². The van der Waals surface area contributed by atoms with E-state index in [4.69, 9.17) is 39.6 Å². The lowest BCUT2D eigenvalue weighted by Crippen LogP contribution is -2.49.